The van der Waals surface area contributed by atoms with Gasteiger partial charge in [0.15, 0.2) is 0 Å². The number of benzene rings is 1. The van der Waals surface area contributed by atoms with Gasteiger partial charge >= 0.3 is 0 Å². The molecule has 0 saturated heterocycles. The van der Waals surface area contributed by atoms with Gasteiger partial charge in [-0.2, -0.15) is 0 Å². The molecule has 0 spiro atoms. The largest absolute Gasteiger partial charge is 0.287 e. The Kier molecular flexibility index (Phi) is 3.00. The van der Waals surface area contributed by atoms with Gasteiger partial charge in [0.1, 0.15) is 11.5 Å². The highest BCUT2D eigenvalue weighted by Gasteiger charge is 2.12. The summed E-state index contributed by atoms with van der Waals surface area (Å²) in [4.78, 5) is 15.9. The van der Waals surface area contributed by atoms with Crippen molar-refractivity contribution in [1.82, 2.24) is 4.98 Å². The van der Waals surface area contributed by atoms with E-state index in [9.17, 15) is 9.18 Å². The van der Waals surface area contributed by atoms with Crippen molar-refractivity contribution in [2.45, 2.75) is 13.8 Å². The number of carbonyl (C=O) groups excluding carboxylic acids is 1. The third-order valence-electron chi connectivity index (χ3n) is 2.59. The highest BCUT2D eigenvalue weighted by atomic mass is 19.1. The summed E-state index contributed by atoms with van der Waals surface area (Å²) in [5.74, 6) is -0.621. The molecule has 0 amide bonds. The number of hydrogen-bond donors (Lipinski definition) is 0. The number of ketones is 1. The summed E-state index contributed by atoms with van der Waals surface area (Å²) in [5, 5.41) is 0. The van der Waals surface area contributed by atoms with Crippen molar-refractivity contribution in [3.63, 3.8) is 0 Å². The van der Waals surface area contributed by atoms with Crippen molar-refractivity contribution in [3.05, 3.63) is 64.7 Å². The monoisotopic (exact) mass is 229 g/mol. The van der Waals surface area contributed by atoms with E-state index in [1.54, 1.807) is 6.07 Å². The van der Waals surface area contributed by atoms with E-state index in [2.05, 4.69) is 4.98 Å². The van der Waals surface area contributed by atoms with Crippen molar-refractivity contribution in [3.8, 4) is 0 Å². The van der Waals surface area contributed by atoms with Gasteiger partial charge in [0.25, 0.3) is 0 Å². The zero-order valence-corrected chi connectivity index (χ0v) is 9.70. The van der Waals surface area contributed by atoms with Gasteiger partial charge in [-0.25, -0.2) is 9.37 Å². The number of pyridine rings is 1. The van der Waals surface area contributed by atoms with Gasteiger partial charge in [0.2, 0.25) is 5.78 Å². The van der Waals surface area contributed by atoms with Crippen LogP contribution < -0.4 is 0 Å². The zero-order chi connectivity index (χ0) is 12.4. The number of hydrogen-bond acceptors (Lipinski definition) is 2. The SMILES string of the molecule is Cc1ccc(C(=O)c2ccc(F)cn2)c(C)c1. The second-order valence-corrected chi connectivity index (χ2v) is 4.01. The van der Waals surface area contributed by atoms with E-state index in [1.165, 1.54) is 12.1 Å². The predicted octanol–water partition coefficient (Wildman–Crippen LogP) is 3.07. The quantitative estimate of drug-likeness (QED) is 0.741. The van der Waals surface area contributed by atoms with Crippen LogP contribution in [0.15, 0.2) is 36.5 Å². The molecule has 1 aromatic carbocycles. The second-order valence-electron chi connectivity index (χ2n) is 4.01. The fraction of sp³-hybridized carbons (Fsp3) is 0.143. The Morgan fingerprint density at radius 1 is 1.18 bits per heavy atom. The maximum atomic E-state index is 12.7. The van der Waals surface area contributed by atoms with Gasteiger partial charge in [0.05, 0.1) is 6.20 Å². The third-order valence-corrected chi connectivity index (χ3v) is 2.59. The molecule has 0 atom stereocenters. The fourth-order valence-electron chi connectivity index (χ4n) is 1.72. The van der Waals surface area contributed by atoms with Crippen molar-refractivity contribution in [2.24, 2.45) is 0 Å². The molecule has 0 aliphatic carbocycles. The molecule has 2 nitrogen and oxygen atoms in total. The van der Waals surface area contributed by atoms with Gasteiger partial charge in [0, 0.05) is 5.56 Å². The van der Waals surface area contributed by atoms with Crippen LogP contribution in [-0.2, 0) is 0 Å². The Balaban J connectivity index is 2.40. The standard InChI is InChI=1S/C14H12FNO/c1-9-3-5-12(10(2)7-9)14(17)13-6-4-11(15)8-16-13/h3-8H,1-2H3. The summed E-state index contributed by atoms with van der Waals surface area (Å²) in [6, 6.07) is 8.24. The number of halogens is 1. The molecule has 86 valence electrons. The van der Waals surface area contributed by atoms with E-state index < -0.39 is 5.82 Å². The van der Waals surface area contributed by atoms with Crippen LogP contribution in [0.2, 0.25) is 0 Å². The first-order valence-corrected chi connectivity index (χ1v) is 5.31. The summed E-state index contributed by atoms with van der Waals surface area (Å²) in [5.41, 5.74) is 2.88. The van der Waals surface area contributed by atoms with E-state index in [-0.39, 0.29) is 11.5 Å². The molecule has 0 bridgehead atoms. The molecule has 0 unspecified atom stereocenters. The van der Waals surface area contributed by atoms with Crippen LogP contribution in [0.25, 0.3) is 0 Å². The molecule has 17 heavy (non-hydrogen) atoms. The lowest BCUT2D eigenvalue weighted by Crippen LogP contribution is -2.06. The highest BCUT2D eigenvalue weighted by molar-refractivity contribution is 6.08. The Morgan fingerprint density at radius 3 is 2.53 bits per heavy atom. The van der Waals surface area contributed by atoms with Crippen molar-refractivity contribution in [1.29, 1.82) is 0 Å². The highest BCUT2D eigenvalue weighted by Crippen LogP contribution is 2.14. The number of carbonyl (C=O) groups is 1. The number of aryl methyl sites for hydroxylation is 2. The topological polar surface area (TPSA) is 30.0 Å². The lowest BCUT2D eigenvalue weighted by molar-refractivity contribution is 0.103. The fourth-order valence-corrected chi connectivity index (χ4v) is 1.72. The summed E-state index contributed by atoms with van der Waals surface area (Å²) in [6.07, 6.45) is 1.05. The Bertz CT molecular complexity index is 561. The maximum absolute atomic E-state index is 12.7. The summed E-state index contributed by atoms with van der Waals surface area (Å²) in [6.45, 7) is 3.85. The average molecular weight is 229 g/mol. The molecule has 3 heteroatoms. The van der Waals surface area contributed by atoms with Gasteiger partial charge in [-0.3, -0.25) is 4.79 Å². The van der Waals surface area contributed by atoms with Crippen LogP contribution in [0.4, 0.5) is 4.39 Å². The normalized spacial score (nSPS) is 10.3. The van der Waals surface area contributed by atoms with Crippen LogP contribution in [0.5, 0.6) is 0 Å². The van der Waals surface area contributed by atoms with E-state index in [4.69, 9.17) is 0 Å². The molecular weight excluding hydrogens is 217 g/mol. The summed E-state index contributed by atoms with van der Waals surface area (Å²) >= 11 is 0. The van der Waals surface area contributed by atoms with Crippen molar-refractivity contribution < 1.29 is 9.18 Å². The molecule has 1 heterocycles. The van der Waals surface area contributed by atoms with Gasteiger partial charge < -0.3 is 0 Å². The first kappa shape index (κ1) is 11.5. The molecule has 0 N–H and O–H groups in total. The molecule has 2 aromatic rings. The van der Waals surface area contributed by atoms with Gasteiger partial charge in [-0.1, -0.05) is 23.8 Å². The molecule has 1 aromatic heterocycles. The zero-order valence-electron chi connectivity index (χ0n) is 9.70. The number of rotatable bonds is 2. The second kappa shape index (κ2) is 4.45. The van der Waals surface area contributed by atoms with E-state index in [1.807, 2.05) is 26.0 Å². The lowest BCUT2D eigenvalue weighted by atomic mass is 10.0. The minimum Gasteiger partial charge on any atom is -0.287 e. The molecule has 0 aliphatic rings. The van der Waals surface area contributed by atoms with E-state index in [0.717, 1.165) is 17.3 Å². The van der Waals surface area contributed by atoms with Crippen LogP contribution in [0.3, 0.4) is 0 Å². The molecule has 0 aliphatic heterocycles. The summed E-state index contributed by atoms with van der Waals surface area (Å²) in [7, 11) is 0. The van der Waals surface area contributed by atoms with Crippen LogP contribution >= 0.6 is 0 Å². The van der Waals surface area contributed by atoms with Crippen LogP contribution in [0.1, 0.15) is 27.2 Å². The first-order valence-electron chi connectivity index (χ1n) is 5.31. The van der Waals surface area contributed by atoms with E-state index in [0.29, 0.717) is 5.56 Å². The molecular formula is C14H12FNO. The minimum atomic E-state index is -0.442. The number of nitrogens with zero attached hydrogens (tertiary/aromatic N) is 1. The average Bonchev–Trinajstić information content (AvgIpc) is 2.29. The van der Waals surface area contributed by atoms with Gasteiger partial charge in [-0.05, 0) is 31.5 Å². The Morgan fingerprint density at radius 2 is 1.94 bits per heavy atom. The van der Waals surface area contributed by atoms with Crippen LogP contribution in [0, 0.1) is 19.7 Å². The smallest absolute Gasteiger partial charge is 0.211 e. The molecule has 0 saturated carbocycles. The first-order chi connectivity index (χ1) is 8.08. The van der Waals surface area contributed by atoms with E-state index >= 15 is 0 Å². The maximum Gasteiger partial charge on any atom is 0.211 e. The summed E-state index contributed by atoms with van der Waals surface area (Å²) < 4.78 is 12.7. The van der Waals surface area contributed by atoms with Crippen molar-refractivity contribution >= 4 is 5.78 Å². The molecule has 0 radical (unpaired) electrons. The Labute approximate surface area is 99.1 Å². The van der Waals surface area contributed by atoms with Crippen LogP contribution in [-0.4, -0.2) is 10.8 Å². The predicted molar refractivity (Wildman–Crippen MR) is 63.5 cm³/mol. The lowest BCUT2D eigenvalue weighted by Gasteiger charge is -2.05. The third kappa shape index (κ3) is 2.38. The van der Waals surface area contributed by atoms with Crippen molar-refractivity contribution in [2.75, 3.05) is 0 Å². The molecule has 0 fully saturated rings. The minimum absolute atomic E-state index is 0.178. The van der Waals surface area contributed by atoms with Gasteiger partial charge in [-0.15, -0.1) is 0 Å². The number of aromatic nitrogens is 1. The molecule has 2 rings (SSSR count). The Hall–Kier alpha value is -2.03.